The van der Waals surface area contributed by atoms with Gasteiger partial charge in [-0.2, -0.15) is 10.2 Å². The van der Waals surface area contributed by atoms with Crippen molar-refractivity contribution in [3.63, 3.8) is 0 Å². The molecule has 0 saturated carbocycles. The van der Waals surface area contributed by atoms with Crippen LogP contribution >= 0.6 is 0 Å². The van der Waals surface area contributed by atoms with Gasteiger partial charge >= 0.3 is 0 Å². The summed E-state index contributed by atoms with van der Waals surface area (Å²) in [5.41, 5.74) is 0.301. The van der Waals surface area contributed by atoms with Crippen LogP contribution in [0.4, 0.5) is 5.88 Å². The van der Waals surface area contributed by atoms with Crippen molar-refractivity contribution < 1.29 is 13.6 Å². The molecular weight excluding hydrogens is 354 g/mol. The van der Waals surface area contributed by atoms with Crippen LogP contribution in [0.5, 0.6) is 5.75 Å². The second-order valence-corrected chi connectivity index (χ2v) is 7.50. The maximum Gasteiger partial charge on any atom is 0.266 e. The van der Waals surface area contributed by atoms with Crippen LogP contribution < -0.4 is 9.64 Å². The number of ether oxygens (including phenoxy) is 1. The molecule has 28 heavy (non-hydrogen) atoms. The molecule has 6 heteroatoms. The topological polar surface area (TPSA) is 75.4 Å². The van der Waals surface area contributed by atoms with Gasteiger partial charge in [-0.25, -0.2) is 0 Å². The Hall–Kier alpha value is -3.20. The van der Waals surface area contributed by atoms with Crippen LogP contribution in [-0.4, -0.2) is 18.1 Å². The van der Waals surface area contributed by atoms with Gasteiger partial charge in [0.15, 0.2) is 5.76 Å². The Morgan fingerprint density at radius 2 is 1.86 bits per heavy atom. The molecule has 1 fully saturated rings. The fourth-order valence-corrected chi connectivity index (χ4v) is 3.78. The van der Waals surface area contributed by atoms with Crippen LogP contribution in [0, 0.1) is 23.2 Å². The molecule has 3 heterocycles. The summed E-state index contributed by atoms with van der Waals surface area (Å²) < 4.78 is 17.5. The summed E-state index contributed by atoms with van der Waals surface area (Å²) in [7, 11) is 0. The molecule has 0 bridgehead atoms. The Morgan fingerprint density at radius 3 is 2.57 bits per heavy atom. The highest BCUT2D eigenvalue weighted by atomic mass is 16.5. The van der Waals surface area contributed by atoms with E-state index in [0.29, 0.717) is 47.4 Å². The number of hydrogen-bond acceptors (Lipinski definition) is 6. The number of furan rings is 1. The Morgan fingerprint density at radius 1 is 1.11 bits per heavy atom. The van der Waals surface area contributed by atoms with Crippen molar-refractivity contribution in [1.29, 1.82) is 5.26 Å². The first-order chi connectivity index (χ1) is 13.6. The molecule has 0 unspecified atom stereocenters. The van der Waals surface area contributed by atoms with Crippen LogP contribution in [0.1, 0.15) is 31.7 Å². The van der Waals surface area contributed by atoms with E-state index in [-0.39, 0.29) is 0 Å². The van der Waals surface area contributed by atoms with Gasteiger partial charge in [-0.15, -0.1) is 0 Å². The van der Waals surface area contributed by atoms with Gasteiger partial charge in [0.2, 0.25) is 11.6 Å². The van der Waals surface area contributed by atoms with E-state index in [9.17, 15) is 5.26 Å². The van der Waals surface area contributed by atoms with Crippen molar-refractivity contribution in [2.75, 3.05) is 18.0 Å². The molecule has 1 aromatic carbocycles. The number of aromatic nitrogens is 1. The lowest BCUT2D eigenvalue weighted by Gasteiger charge is -2.34. The van der Waals surface area contributed by atoms with Gasteiger partial charge in [0.05, 0.1) is 0 Å². The van der Waals surface area contributed by atoms with E-state index in [1.807, 2.05) is 36.4 Å². The van der Waals surface area contributed by atoms with Crippen LogP contribution in [0.3, 0.4) is 0 Å². The van der Waals surface area contributed by atoms with Crippen LogP contribution in [-0.2, 0) is 6.61 Å². The average molecular weight is 377 g/mol. The number of nitriles is 1. The van der Waals surface area contributed by atoms with E-state index in [4.69, 9.17) is 13.6 Å². The zero-order valence-corrected chi connectivity index (χ0v) is 16.1. The van der Waals surface area contributed by atoms with Gasteiger partial charge in [-0.3, -0.25) is 0 Å². The molecule has 144 valence electrons. The fourth-order valence-electron chi connectivity index (χ4n) is 3.78. The molecule has 1 saturated heterocycles. The number of rotatable bonds is 5. The summed E-state index contributed by atoms with van der Waals surface area (Å²) in [6.07, 6.45) is 1.18. The third-order valence-electron chi connectivity index (χ3n) is 4.87. The van der Waals surface area contributed by atoms with E-state index in [1.165, 1.54) is 6.42 Å². The van der Waals surface area contributed by atoms with Crippen LogP contribution in [0.15, 0.2) is 51.3 Å². The number of oxazole rings is 1. The lowest BCUT2D eigenvalue weighted by molar-refractivity contribution is 0.271. The molecular formula is C22H23N3O3. The maximum atomic E-state index is 9.51. The number of nitrogens with zero attached hydrogens (tertiary/aromatic N) is 3. The minimum absolute atomic E-state index is 0.301. The first kappa shape index (κ1) is 18.2. The summed E-state index contributed by atoms with van der Waals surface area (Å²) in [6.45, 7) is 6.48. The normalized spacial score (nSPS) is 19.4. The van der Waals surface area contributed by atoms with Gasteiger partial charge < -0.3 is 18.5 Å². The molecule has 0 aliphatic carbocycles. The SMILES string of the molecule is C[C@@H]1C[C@@H](C)CN(c2oc(-c3ccc(COc4ccccc4)o3)nc2C#N)C1. The van der Waals surface area contributed by atoms with E-state index in [0.717, 1.165) is 18.8 Å². The summed E-state index contributed by atoms with van der Waals surface area (Å²) in [5, 5.41) is 9.51. The quantitative estimate of drug-likeness (QED) is 0.631. The van der Waals surface area contributed by atoms with Crippen LogP contribution in [0.25, 0.3) is 11.7 Å². The summed E-state index contributed by atoms with van der Waals surface area (Å²) >= 11 is 0. The van der Waals surface area contributed by atoms with Gasteiger partial charge in [0.1, 0.15) is 24.2 Å². The molecule has 0 radical (unpaired) electrons. The first-order valence-corrected chi connectivity index (χ1v) is 9.55. The van der Waals surface area contributed by atoms with Gasteiger partial charge in [-0.05, 0) is 42.5 Å². The van der Waals surface area contributed by atoms with Crippen molar-refractivity contribution in [3.05, 3.63) is 53.9 Å². The smallest absolute Gasteiger partial charge is 0.266 e. The second-order valence-electron chi connectivity index (χ2n) is 7.50. The zero-order valence-electron chi connectivity index (χ0n) is 16.1. The van der Waals surface area contributed by atoms with Gasteiger partial charge in [-0.1, -0.05) is 32.0 Å². The lowest BCUT2D eigenvalue weighted by atomic mass is 9.92. The second kappa shape index (κ2) is 7.81. The van der Waals surface area contributed by atoms with Crippen molar-refractivity contribution in [2.45, 2.75) is 26.9 Å². The molecule has 0 N–H and O–H groups in total. The molecule has 6 nitrogen and oxygen atoms in total. The third-order valence-corrected chi connectivity index (χ3v) is 4.87. The minimum Gasteiger partial charge on any atom is -0.486 e. The predicted octanol–water partition coefficient (Wildman–Crippen LogP) is 4.87. The number of piperidine rings is 1. The highest BCUT2D eigenvalue weighted by Gasteiger charge is 2.28. The fraction of sp³-hybridized carbons (Fsp3) is 0.364. The predicted molar refractivity (Wildman–Crippen MR) is 105 cm³/mol. The summed E-state index contributed by atoms with van der Waals surface area (Å²) in [6, 6.07) is 15.3. The number of anilines is 1. The average Bonchev–Trinajstić information content (AvgIpc) is 3.33. The summed E-state index contributed by atoms with van der Waals surface area (Å²) in [5.74, 6) is 3.89. The molecule has 2 aromatic heterocycles. The standard InChI is InChI=1S/C22H23N3O3/c1-15-10-16(2)13-25(12-15)22-19(11-23)24-21(28-22)20-9-8-18(27-20)14-26-17-6-4-3-5-7-17/h3-9,15-16H,10,12-14H2,1-2H3/t15-,16-/m1/s1. The highest BCUT2D eigenvalue weighted by molar-refractivity contribution is 5.56. The highest BCUT2D eigenvalue weighted by Crippen LogP contribution is 2.33. The Labute approximate surface area is 164 Å². The number of hydrogen-bond donors (Lipinski definition) is 0. The molecule has 0 amide bonds. The van der Waals surface area contributed by atoms with Gasteiger partial charge in [0, 0.05) is 13.1 Å². The number of benzene rings is 1. The van der Waals surface area contributed by atoms with E-state index in [2.05, 4.69) is 29.8 Å². The minimum atomic E-state index is 0.301. The molecule has 2 atom stereocenters. The Kier molecular flexibility index (Phi) is 5.07. The zero-order chi connectivity index (χ0) is 19.5. The van der Waals surface area contributed by atoms with E-state index in [1.54, 1.807) is 6.07 Å². The Balaban J connectivity index is 1.51. The largest absolute Gasteiger partial charge is 0.486 e. The molecule has 3 aromatic rings. The molecule has 1 aliphatic heterocycles. The third kappa shape index (κ3) is 3.89. The van der Waals surface area contributed by atoms with E-state index >= 15 is 0 Å². The molecule has 0 spiro atoms. The first-order valence-electron chi connectivity index (χ1n) is 9.55. The Bertz CT molecular complexity index is 961. The maximum absolute atomic E-state index is 9.51. The summed E-state index contributed by atoms with van der Waals surface area (Å²) in [4.78, 5) is 6.47. The van der Waals surface area contributed by atoms with Crippen molar-refractivity contribution in [1.82, 2.24) is 4.98 Å². The van der Waals surface area contributed by atoms with E-state index < -0.39 is 0 Å². The lowest BCUT2D eigenvalue weighted by Crippen LogP contribution is -2.38. The van der Waals surface area contributed by atoms with Crippen LogP contribution in [0.2, 0.25) is 0 Å². The van der Waals surface area contributed by atoms with Crippen molar-refractivity contribution in [2.24, 2.45) is 11.8 Å². The molecule has 1 aliphatic rings. The molecule has 4 rings (SSSR count). The number of para-hydroxylation sites is 1. The van der Waals surface area contributed by atoms with Gasteiger partial charge in [0.25, 0.3) is 5.89 Å². The van der Waals surface area contributed by atoms with Crippen molar-refractivity contribution >= 4 is 5.88 Å². The monoisotopic (exact) mass is 377 g/mol. The van der Waals surface area contributed by atoms with Crippen molar-refractivity contribution in [3.8, 4) is 23.5 Å².